The first-order chi connectivity index (χ1) is 13.7. The Morgan fingerprint density at radius 3 is 2.64 bits per heavy atom. The number of hydrogen-bond acceptors (Lipinski definition) is 5. The molecule has 0 saturated carbocycles. The van der Waals surface area contributed by atoms with Gasteiger partial charge in [0.2, 0.25) is 5.91 Å². The van der Waals surface area contributed by atoms with E-state index < -0.39 is 0 Å². The summed E-state index contributed by atoms with van der Waals surface area (Å²) in [4.78, 5) is 18.7. The lowest BCUT2D eigenvalue weighted by atomic mass is 10.2. The first-order valence-electron chi connectivity index (χ1n) is 9.44. The van der Waals surface area contributed by atoms with Gasteiger partial charge in [0.15, 0.2) is 0 Å². The number of aryl methyl sites for hydroxylation is 1. The summed E-state index contributed by atoms with van der Waals surface area (Å²) in [5.74, 6) is 0.880. The monoisotopic (exact) mass is 393 g/mol. The summed E-state index contributed by atoms with van der Waals surface area (Å²) in [6.07, 6.45) is 0.758. The van der Waals surface area contributed by atoms with Gasteiger partial charge in [-0.2, -0.15) is 0 Å². The average molecular weight is 394 g/mol. The largest absolute Gasteiger partial charge is 0.489 e. The molecule has 1 atom stereocenters. The first-order valence-corrected chi connectivity index (χ1v) is 10.3. The fraction of sp³-hybridized carbons (Fsp3) is 0.273. The van der Waals surface area contributed by atoms with Crippen LogP contribution in [0.2, 0.25) is 0 Å². The van der Waals surface area contributed by atoms with Crippen LogP contribution in [0.5, 0.6) is 5.75 Å². The zero-order valence-electron chi connectivity index (χ0n) is 15.8. The second-order valence-corrected chi connectivity index (χ2v) is 7.76. The minimum absolute atomic E-state index is 0.0406. The van der Waals surface area contributed by atoms with Crippen molar-refractivity contribution in [1.82, 2.24) is 15.2 Å². The maximum absolute atomic E-state index is 12.0. The molecule has 3 aromatic rings. The van der Waals surface area contributed by atoms with E-state index in [0.717, 1.165) is 34.0 Å². The zero-order valence-corrected chi connectivity index (χ0v) is 16.6. The van der Waals surface area contributed by atoms with Gasteiger partial charge in [0, 0.05) is 11.9 Å². The van der Waals surface area contributed by atoms with Crippen LogP contribution in [0.15, 0.2) is 60.0 Å². The van der Waals surface area contributed by atoms with Gasteiger partial charge in [0.1, 0.15) is 18.5 Å². The van der Waals surface area contributed by atoms with E-state index >= 15 is 0 Å². The van der Waals surface area contributed by atoms with Gasteiger partial charge in [-0.05, 0) is 29.7 Å². The van der Waals surface area contributed by atoms with Crippen LogP contribution in [0.25, 0.3) is 0 Å². The van der Waals surface area contributed by atoms with Crippen LogP contribution < -0.4 is 10.1 Å². The number of thiazole rings is 1. The van der Waals surface area contributed by atoms with Gasteiger partial charge < -0.3 is 10.1 Å². The molecule has 5 nitrogen and oxygen atoms in total. The van der Waals surface area contributed by atoms with E-state index in [9.17, 15) is 4.79 Å². The fourth-order valence-electron chi connectivity index (χ4n) is 3.25. The van der Waals surface area contributed by atoms with Gasteiger partial charge in [-0.25, -0.2) is 4.98 Å². The molecule has 1 saturated heterocycles. The topological polar surface area (TPSA) is 54.5 Å². The Bertz CT molecular complexity index is 924. The molecule has 1 N–H and O–H groups in total. The number of carbonyl (C=O) groups is 1. The van der Waals surface area contributed by atoms with Crippen molar-refractivity contribution in [2.75, 3.05) is 6.54 Å². The standard InChI is InChI=1S/C22H23N3O2S/c1-2-21-23-19(15-28-21)22-24-20(26)13-25(22)12-16-8-10-18(11-9-16)27-14-17-6-4-3-5-7-17/h3-11,15,22H,2,12-14H2,1H3,(H,24,26). The summed E-state index contributed by atoms with van der Waals surface area (Å²) in [5.41, 5.74) is 3.21. The number of nitrogens with one attached hydrogen (secondary N) is 1. The normalized spacial score (nSPS) is 16.9. The Balaban J connectivity index is 1.39. The molecule has 1 unspecified atom stereocenters. The molecular formula is C22H23N3O2S. The predicted molar refractivity (Wildman–Crippen MR) is 110 cm³/mol. The number of ether oxygens (including phenoxy) is 1. The Morgan fingerprint density at radius 2 is 1.93 bits per heavy atom. The highest BCUT2D eigenvalue weighted by Crippen LogP contribution is 2.26. The van der Waals surface area contributed by atoms with E-state index in [1.54, 1.807) is 11.3 Å². The predicted octanol–water partition coefficient (Wildman–Crippen LogP) is 3.92. The summed E-state index contributed by atoms with van der Waals surface area (Å²) < 4.78 is 5.85. The van der Waals surface area contributed by atoms with Crippen molar-refractivity contribution in [1.29, 1.82) is 0 Å². The van der Waals surface area contributed by atoms with Crippen molar-refractivity contribution >= 4 is 17.2 Å². The van der Waals surface area contributed by atoms with Gasteiger partial charge in [0.05, 0.1) is 17.2 Å². The summed E-state index contributed by atoms with van der Waals surface area (Å²) in [6, 6.07) is 18.2. The summed E-state index contributed by atoms with van der Waals surface area (Å²) in [7, 11) is 0. The number of benzene rings is 2. The van der Waals surface area contributed by atoms with E-state index in [-0.39, 0.29) is 12.1 Å². The van der Waals surface area contributed by atoms with Crippen molar-refractivity contribution in [3.05, 3.63) is 81.8 Å². The molecule has 28 heavy (non-hydrogen) atoms. The highest BCUT2D eigenvalue weighted by atomic mass is 32.1. The summed E-state index contributed by atoms with van der Waals surface area (Å²) in [5, 5.41) is 6.17. The van der Waals surface area contributed by atoms with E-state index in [4.69, 9.17) is 4.74 Å². The number of aromatic nitrogens is 1. The first kappa shape index (κ1) is 18.7. The lowest BCUT2D eigenvalue weighted by molar-refractivity contribution is -0.118. The van der Waals surface area contributed by atoms with Crippen LogP contribution in [-0.4, -0.2) is 22.3 Å². The maximum Gasteiger partial charge on any atom is 0.235 e. The molecule has 0 spiro atoms. The Hall–Kier alpha value is -2.70. The third-order valence-electron chi connectivity index (χ3n) is 4.72. The second-order valence-electron chi connectivity index (χ2n) is 6.81. The number of amides is 1. The quantitative estimate of drug-likeness (QED) is 0.661. The lowest BCUT2D eigenvalue weighted by Gasteiger charge is -2.21. The summed E-state index contributed by atoms with van der Waals surface area (Å²) in [6.45, 7) is 3.71. The smallest absolute Gasteiger partial charge is 0.235 e. The van der Waals surface area contributed by atoms with Crippen LogP contribution >= 0.6 is 11.3 Å². The van der Waals surface area contributed by atoms with Crippen LogP contribution in [0.1, 0.15) is 34.9 Å². The molecule has 0 aliphatic carbocycles. The van der Waals surface area contributed by atoms with Gasteiger partial charge in [-0.15, -0.1) is 11.3 Å². The van der Waals surface area contributed by atoms with Crippen LogP contribution in [0.3, 0.4) is 0 Å². The molecule has 1 aliphatic rings. The van der Waals surface area contributed by atoms with E-state index in [1.807, 2.05) is 47.8 Å². The zero-order chi connectivity index (χ0) is 19.3. The van der Waals surface area contributed by atoms with Crippen molar-refractivity contribution in [3.8, 4) is 5.75 Å². The van der Waals surface area contributed by atoms with Crippen molar-refractivity contribution in [2.24, 2.45) is 0 Å². The van der Waals surface area contributed by atoms with E-state index in [2.05, 4.69) is 34.3 Å². The molecule has 4 rings (SSSR count). The Morgan fingerprint density at radius 1 is 1.14 bits per heavy atom. The Kier molecular flexibility index (Phi) is 5.69. The second kappa shape index (κ2) is 8.54. The molecule has 2 heterocycles. The minimum atomic E-state index is -0.155. The lowest BCUT2D eigenvalue weighted by Crippen LogP contribution is -2.27. The molecule has 144 valence electrons. The molecule has 0 radical (unpaired) electrons. The number of nitrogens with zero attached hydrogens (tertiary/aromatic N) is 2. The number of hydrogen-bond donors (Lipinski definition) is 1. The van der Waals surface area contributed by atoms with Crippen LogP contribution in [0.4, 0.5) is 0 Å². The molecule has 1 aliphatic heterocycles. The van der Waals surface area contributed by atoms with Crippen LogP contribution in [0, 0.1) is 0 Å². The van der Waals surface area contributed by atoms with Gasteiger partial charge in [0.25, 0.3) is 0 Å². The molecule has 1 fully saturated rings. The molecule has 1 amide bonds. The Labute approximate surface area is 169 Å². The number of carbonyl (C=O) groups excluding carboxylic acids is 1. The maximum atomic E-state index is 12.0. The molecular weight excluding hydrogens is 370 g/mol. The van der Waals surface area contributed by atoms with Gasteiger partial charge in [-0.1, -0.05) is 49.4 Å². The minimum Gasteiger partial charge on any atom is -0.489 e. The molecule has 0 bridgehead atoms. The van der Waals surface area contributed by atoms with Crippen molar-refractivity contribution in [3.63, 3.8) is 0 Å². The van der Waals surface area contributed by atoms with Gasteiger partial charge >= 0.3 is 0 Å². The van der Waals surface area contributed by atoms with Crippen molar-refractivity contribution < 1.29 is 9.53 Å². The van der Waals surface area contributed by atoms with Crippen molar-refractivity contribution in [2.45, 2.75) is 32.7 Å². The molecule has 6 heteroatoms. The third kappa shape index (κ3) is 4.40. The molecule has 2 aromatic carbocycles. The third-order valence-corrected chi connectivity index (χ3v) is 5.73. The highest BCUT2D eigenvalue weighted by molar-refractivity contribution is 7.09. The van der Waals surface area contributed by atoms with E-state index in [1.165, 1.54) is 0 Å². The number of rotatable bonds is 7. The van der Waals surface area contributed by atoms with Crippen LogP contribution in [-0.2, 0) is 24.4 Å². The van der Waals surface area contributed by atoms with E-state index in [0.29, 0.717) is 19.7 Å². The SMILES string of the molecule is CCc1nc(C2NC(=O)CN2Cc2ccc(OCc3ccccc3)cc2)cs1. The average Bonchev–Trinajstić information content (AvgIpc) is 3.34. The highest BCUT2D eigenvalue weighted by Gasteiger charge is 2.32. The van der Waals surface area contributed by atoms with Gasteiger partial charge in [-0.3, -0.25) is 9.69 Å². The molecule has 1 aromatic heterocycles. The fourth-order valence-corrected chi connectivity index (χ4v) is 4.02. The summed E-state index contributed by atoms with van der Waals surface area (Å²) >= 11 is 1.65.